The first-order valence-corrected chi connectivity index (χ1v) is 6.76. The zero-order valence-corrected chi connectivity index (χ0v) is 9.15. The third-order valence-corrected chi connectivity index (χ3v) is 3.68. The van der Waals surface area contributed by atoms with E-state index in [4.69, 9.17) is 5.11 Å². The first-order valence-electron chi connectivity index (χ1n) is 4.93. The van der Waals surface area contributed by atoms with Gasteiger partial charge >= 0.3 is 0 Å². The summed E-state index contributed by atoms with van der Waals surface area (Å²) in [6.45, 7) is 1.87. The van der Waals surface area contributed by atoms with Gasteiger partial charge in [0.15, 0.2) is 9.84 Å². The van der Waals surface area contributed by atoms with Crippen molar-refractivity contribution < 1.29 is 13.5 Å². The van der Waals surface area contributed by atoms with Crippen molar-refractivity contribution >= 4 is 9.84 Å². The van der Waals surface area contributed by atoms with Crippen molar-refractivity contribution in [2.75, 3.05) is 18.1 Å². The minimum Gasteiger partial charge on any atom is -0.395 e. The molecule has 0 aliphatic carbocycles. The number of sulfone groups is 1. The lowest BCUT2D eigenvalue weighted by molar-refractivity contribution is 0.319. The summed E-state index contributed by atoms with van der Waals surface area (Å²) in [6, 6.07) is 0. The Kier molecular flexibility index (Phi) is 7.28. The van der Waals surface area contributed by atoms with Crippen LogP contribution in [0.3, 0.4) is 0 Å². The Labute approximate surface area is 81.1 Å². The topological polar surface area (TPSA) is 54.4 Å². The van der Waals surface area contributed by atoms with Crippen molar-refractivity contribution in [1.82, 2.24) is 0 Å². The molecule has 0 aliphatic heterocycles. The molecular weight excluding hydrogens is 188 g/mol. The normalized spacial score (nSPS) is 11.8. The van der Waals surface area contributed by atoms with E-state index in [1.165, 1.54) is 12.8 Å². The van der Waals surface area contributed by atoms with Crippen LogP contribution in [0.2, 0.25) is 0 Å². The molecule has 0 bridgehead atoms. The maximum Gasteiger partial charge on any atom is 0.152 e. The summed E-state index contributed by atoms with van der Waals surface area (Å²) in [7, 11) is -2.97. The van der Waals surface area contributed by atoms with Gasteiger partial charge in [-0.25, -0.2) is 8.42 Å². The van der Waals surface area contributed by atoms with Crippen molar-refractivity contribution in [3.05, 3.63) is 0 Å². The lowest BCUT2D eigenvalue weighted by Gasteiger charge is -2.01. The van der Waals surface area contributed by atoms with E-state index in [9.17, 15) is 8.42 Å². The molecule has 3 nitrogen and oxygen atoms in total. The van der Waals surface area contributed by atoms with Gasteiger partial charge < -0.3 is 5.11 Å². The minimum absolute atomic E-state index is 0.0826. The molecule has 0 unspecified atom stereocenters. The molecule has 0 aliphatic rings. The Hall–Kier alpha value is -0.0900. The van der Waals surface area contributed by atoms with Gasteiger partial charge in [-0.3, -0.25) is 0 Å². The van der Waals surface area contributed by atoms with Gasteiger partial charge in [0.2, 0.25) is 0 Å². The first kappa shape index (κ1) is 12.9. The molecule has 0 aromatic heterocycles. The zero-order chi connectivity index (χ0) is 10.2. The average molecular weight is 208 g/mol. The number of rotatable bonds is 8. The van der Waals surface area contributed by atoms with Gasteiger partial charge in [-0.05, 0) is 6.42 Å². The molecule has 13 heavy (non-hydrogen) atoms. The monoisotopic (exact) mass is 208 g/mol. The van der Waals surface area contributed by atoms with Crippen LogP contribution < -0.4 is 0 Å². The quantitative estimate of drug-likeness (QED) is 0.613. The van der Waals surface area contributed by atoms with Crippen LogP contribution in [0.15, 0.2) is 0 Å². The summed E-state index contributed by atoms with van der Waals surface area (Å²) in [5.41, 5.74) is 0. The molecule has 4 heteroatoms. The summed E-state index contributed by atoms with van der Waals surface area (Å²) in [6.07, 6.45) is 5.19. The van der Waals surface area contributed by atoms with E-state index in [0.717, 1.165) is 19.3 Å². The Balaban J connectivity index is 3.41. The van der Waals surface area contributed by atoms with Crippen LogP contribution >= 0.6 is 0 Å². The van der Waals surface area contributed by atoms with Gasteiger partial charge in [-0.1, -0.05) is 32.6 Å². The van der Waals surface area contributed by atoms with Crippen molar-refractivity contribution in [1.29, 1.82) is 0 Å². The van der Waals surface area contributed by atoms with Crippen LogP contribution in [-0.4, -0.2) is 31.6 Å². The molecule has 0 amide bonds. The van der Waals surface area contributed by atoms with Crippen molar-refractivity contribution in [3.8, 4) is 0 Å². The van der Waals surface area contributed by atoms with Crippen LogP contribution in [0.1, 0.15) is 39.0 Å². The van der Waals surface area contributed by atoms with Crippen molar-refractivity contribution in [3.63, 3.8) is 0 Å². The highest BCUT2D eigenvalue weighted by Gasteiger charge is 2.08. The Morgan fingerprint density at radius 2 is 1.62 bits per heavy atom. The fourth-order valence-corrected chi connectivity index (χ4v) is 2.29. The Morgan fingerprint density at radius 1 is 1.00 bits per heavy atom. The van der Waals surface area contributed by atoms with E-state index >= 15 is 0 Å². The molecule has 0 saturated carbocycles. The highest BCUT2D eigenvalue weighted by atomic mass is 32.2. The summed E-state index contributed by atoms with van der Waals surface area (Å²) in [4.78, 5) is 0. The third-order valence-electron chi connectivity index (χ3n) is 1.96. The number of aliphatic hydroxyl groups excluding tert-OH is 1. The molecule has 0 heterocycles. The van der Waals surface area contributed by atoms with Crippen LogP contribution in [0.25, 0.3) is 0 Å². The van der Waals surface area contributed by atoms with Gasteiger partial charge in [0.1, 0.15) is 0 Å². The maximum atomic E-state index is 11.1. The van der Waals surface area contributed by atoms with Gasteiger partial charge in [0.05, 0.1) is 18.1 Å². The second kappa shape index (κ2) is 7.33. The van der Waals surface area contributed by atoms with Gasteiger partial charge in [0.25, 0.3) is 0 Å². The summed E-state index contributed by atoms with van der Waals surface area (Å²) < 4.78 is 22.2. The van der Waals surface area contributed by atoms with Crippen LogP contribution in [0.5, 0.6) is 0 Å². The average Bonchev–Trinajstić information content (AvgIpc) is 2.04. The van der Waals surface area contributed by atoms with E-state index in [2.05, 4.69) is 6.92 Å². The lowest BCUT2D eigenvalue weighted by atomic mass is 10.2. The predicted octanol–water partition coefficient (Wildman–Crippen LogP) is 1.36. The van der Waals surface area contributed by atoms with Crippen molar-refractivity contribution in [2.45, 2.75) is 39.0 Å². The highest BCUT2D eigenvalue weighted by molar-refractivity contribution is 7.91. The lowest BCUT2D eigenvalue weighted by Crippen LogP contribution is -2.13. The molecule has 1 N–H and O–H groups in total. The van der Waals surface area contributed by atoms with Crippen LogP contribution in [0.4, 0.5) is 0 Å². The molecule has 0 aromatic carbocycles. The molecule has 0 radical (unpaired) electrons. The fourth-order valence-electron chi connectivity index (χ4n) is 1.17. The molecule has 0 aromatic rings. The van der Waals surface area contributed by atoms with Crippen molar-refractivity contribution in [2.24, 2.45) is 0 Å². The standard InChI is InChI=1S/C9H20O3S/c1-2-3-4-5-6-8-13(11,12)9-7-10/h10H,2-9H2,1H3. The van der Waals surface area contributed by atoms with E-state index in [0.29, 0.717) is 0 Å². The molecule has 0 spiro atoms. The largest absolute Gasteiger partial charge is 0.395 e. The second-order valence-electron chi connectivity index (χ2n) is 3.29. The molecule has 0 atom stereocenters. The zero-order valence-electron chi connectivity index (χ0n) is 8.33. The van der Waals surface area contributed by atoms with Gasteiger partial charge in [-0.15, -0.1) is 0 Å². The molecule has 0 rings (SSSR count). The smallest absolute Gasteiger partial charge is 0.152 e. The number of hydrogen-bond acceptors (Lipinski definition) is 3. The number of aliphatic hydroxyl groups is 1. The number of unbranched alkanes of at least 4 members (excludes halogenated alkanes) is 4. The highest BCUT2D eigenvalue weighted by Crippen LogP contribution is 2.04. The SMILES string of the molecule is CCCCCCCS(=O)(=O)CCO. The summed E-state index contributed by atoms with van der Waals surface area (Å²) in [5, 5.41) is 8.46. The first-order chi connectivity index (χ1) is 6.12. The Bertz CT molecular complexity index is 197. The van der Waals surface area contributed by atoms with Crippen LogP contribution in [0, 0.1) is 0 Å². The molecule has 0 fully saturated rings. The van der Waals surface area contributed by atoms with E-state index < -0.39 is 9.84 Å². The van der Waals surface area contributed by atoms with E-state index in [-0.39, 0.29) is 18.1 Å². The maximum absolute atomic E-state index is 11.1. The molecule has 0 saturated heterocycles. The minimum atomic E-state index is -2.97. The fraction of sp³-hybridized carbons (Fsp3) is 1.00. The third kappa shape index (κ3) is 8.25. The van der Waals surface area contributed by atoms with Crippen LogP contribution in [-0.2, 0) is 9.84 Å². The van der Waals surface area contributed by atoms with Gasteiger partial charge in [-0.2, -0.15) is 0 Å². The predicted molar refractivity (Wildman–Crippen MR) is 54.5 cm³/mol. The molecule has 80 valence electrons. The summed E-state index contributed by atoms with van der Waals surface area (Å²) in [5.74, 6) is 0.151. The second-order valence-corrected chi connectivity index (χ2v) is 5.59. The van der Waals surface area contributed by atoms with Gasteiger partial charge in [0, 0.05) is 0 Å². The summed E-state index contributed by atoms with van der Waals surface area (Å²) >= 11 is 0. The molecular formula is C9H20O3S. The Morgan fingerprint density at radius 3 is 2.15 bits per heavy atom. The number of hydrogen-bond donors (Lipinski definition) is 1. The van der Waals surface area contributed by atoms with E-state index in [1.54, 1.807) is 0 Å². The van der Waals surface area contributed by atoms with E-state index in [1.807, 2.05) is 0 Å².